The van der Waals surface area contributed by atoms with Gasteiger partial charge in [0.15, 0.2) is 5.69 Å². The lowest BCUT2D eigenvalue weighted by molar-refractivity contribution is 0.0942. The van der Waals surface area contributed by atoms with E-state index in [4.69, 9.17) is 5.10 Å². The van der Waals surface area contributed by atoms with Gasteiger partial charge in [0.05, 0.1) is 0 Å². The van der Waals surface area contributed by atoms with Crippen molar-refractivity contribution < 1.29 is 4.79 Å². The van der Waals surface area contributed by atoms with Crippen molar-refractivity contribution in [3.05, 3.63) is 77.1 Å². The Bertz CT molecular complexity index is 984. The van der Waals surface area contributed by atoms with E-state index in [0.717, 1.165) is 43.7 Å². The minimum absolute atomic E-state index is 0.124. The molecule has 1 aliphatic rings. The molecule has 3 aromatic heterocycles. The predicted octanol–water partition coefficient (Wildman–Crippen LogP) is 2.82. The molecule has 1 amide bonds. The molecule has 4 heterocycles. The van der Waals surface area contributed by atoms with Gasteiger partial charge in [-0.2, -0.15) is 5.10 Å². The predicted molar refractivity (Wildman–Crippen MR) is 115 cm³/mol. The lowest BCUT2D eigenvalue weighted by Crippen LogP contribution is -2.32. The zero-order chi connectivity index (χ0) is 20.9. The van der Waals surface area contributed by atoms with Gasteiger partial charge in [-0.25, -0.2) is 0 Å². The fourth-order valence-corrected chi connectivity index (χ4v) is 3.88. The smallest absolute Gasteiger partial charge is 0.272 e. The minimum atomic E-state index is -0.124. The van der Waals surface area contributed by atoms with E-state index in [2.05, 4.69) is 40.1 Å². The van der Waals surface area contributed by atoms with Crippen LogP contribution in [-0.4, -0.2) is 37.1 Å². The molecule has 7 heteroatoms. The number of pyridine rings is 2. The second-order valence-corrected chi connectivity index (χ2v) is 8.22. The van der Waals surface area contributed by atoms with Crippen molar-refractivity contribution in [1.82, 2.24) is 30.0 Å². The second-order valence-electron chi connectivity index (χ2n) is 8.22. The molecule has 0 aromatic carbocycles. The van der Waals surface area contributed by atoms with Crippen LogP contribution in [0.25, 0.3) is 0 Å². The Morgan fingerprint density at radius 3 is 2.53 bits per heavy atom. The van der Waals surface area contributed by atoms with Crippen molar-refractivity contribution in [3.63, 3.8) is 0 Å². The SMILES string of the molecule is CC(C)Cn1nc(C(=O)NCc2cccnc2)c2c1CCN(Cc1cccnc1)C2. The number of rotatable bonds is 7. The fourth-order valence-electron chi connectivity index (χ4n) is 3.88. The molecule has 3 aromatic rings. The average Bonchev–Trinajstić information content (AvgIpc) is 3.10. The number of fused-ring (bicyclic) bond motifs is 1. The van der Waals surface area contributed by atoms with Crippen LogP contribution in [0.4, 0.5) is 0 Å². The summed E-state index contributed by atoms with van der Waals surface area (Å²) in [4.78, 5) is 23.7. The highest BCUT2D eigenvalue weighted by molar-refractivity contribution is 5.94. The van der Waals surface area contributed by atoms with Crippen LogP contribution < -0.4 is 5.32 Å². The normalized spacial score (nSPS) is 14.0. The van der Waals surface area contributed by atoms with E-state index in [1.807, 2.05) is 29.1 Å². The monoisotopic (exact) mass is 404 g/mol. The largest absolute Gasteiger partial charge is 0.346 e. The average molecular weight is 405 g/mol. The van der Waals surface area contributed by atoms with Crippen LogP contribution in [-0.2, 0) is 32.6 Å². The molecule has 0 atom stereocenters. The van der Waals surface area contributed by atoms with Crippen LogP contribution in [0.2, 0.25) is 0 Å². The molecule has 0 radical (unpaired) electrons. The van der Waals surface area contributed by atoms with Crippen LogP contribution in [0.15, 0.2) is 49.1 Å². The molecular weight excluding hydrogens is 376 g/mol. The van der Waals surface area contributed by atoms with Crippen molar-refractivity contribution in [2.24, 2.45) is 5.92 Å². The first-order valence-electron chi connectivity index (χ1n) is 10.5. The fraction of sp³-hybridized carbons (Fsp3) is 0.391. The van der Waals surface area contributed by atoms with E-state index in [1.54, 1.807) is 18.6 Å². The molecule has 1 N–H and O–H groups in total. The van der Waals surface area contributed by atoms with Crippen LogP contribution in [0.5, 0.6) is 0 Å². The molecule has 156 valence electrons. The topological polar surface area (TPSA) is 75.9 Å². The Balaban J connectivity index is 1.54. The molecule has 1 aliphatic heterocycles. The highest BCUT2D eigenvalue weighted by Gasteiger charge is 2.28. The van der Waals surface area contributed by atoms with Gasteiger partial charge in [0.1, 0.15) is 0 Å². The number of amides is 1. The Hall–Kier alpha value is -3.06. The molecule has 0 unspecified atom stereocenters. The summed E-state index contributed by atoms with van der Waals surface area (Å²) in [5.74, 6) is 0.342. The summed E-state index contributed by atoms with van der Waals surface area (Å²) in [5, 5.41) is 7.75. The lowest BCUT2D eigenvalue weighted by Gasteiger charge is -2.27. The van der Waals surface area contributed by atoms with Gasteiger partial charge in [-0.3, -0.25) is 24.3 Å². The number of carbonyl (C=O) groups is 1. The van der Waals surface area contributed by atoms with Crippen molar-refractivity contribution in [3.8, 4) is 0 Å². The molecule has 30 heavy (non-hydrogen) atoms. The summed E-state index contributed by atoms with van der Waals surface area (Å²) in [6.45, 7) is 8.10. The van der Waals surface area contributed by atoms with Gasteiger partial charge < -0.3 is 5.32 Å². The van der Waals surface area contributed by atoms with Crippen molar-refractivity contribution in [2.45, 2.75) is 46.4 Å². The molecule has 0 saturated heterocycles. The van der Waals surface area contributed by atoms with E-state index in [1.165, 1.54) is 11.3 Å². The van der Waals surface area contributed by atoms with Crippen molar-refractivity contribution in [1.29, 1.82) is 0 Å². The number of aromatic nitrogens is 4. The number of hydrogen-bond donors (Lipinski definition) is 1. The lowest BCUT2D eigenvalue weighted by atomic mass is 10.0. The van der Waals surface area contributed by atoms with Gasteiger partial charge in [-0.05, 0) is 29.2 Å². The first-order chi connectivity index (χ1) is 14.6. The Kier molecular flexibility index (Phi) is 6.18. The molecule has 0 bridgehead atoms. The van der Waals surface area contributed by atoms with E-state index >= 15 is 0 Å². The molecule has 4 rings (SSSR count). The molecule has 7 nitrogen and oxygen atoms in total. The Morgan fingerprint density at radius 1 is 1.13 bits per heavy atom. The van der Waals surface area contributed by atoms with Crippen LogP contribution in [0, 0.1) is 5.92 Å². The summed E-state index contributed by atoms with van der Waals surface area (Å²) in [7, 11) is 0. The zero-order valence-electron chi connectivity index (χ0n) is 17.6. The third kappa shape index (κ3) is 4.74. The van der Waals surface area contributed by atoms with Gasteiger partial charge in [0, 0.05) is 75.2 Å². The standard InChI is InChI=1S/C23H28N6O/c1-17(2)14-29-21-7-10-28(15-19-6-4-9-25-12-19)16-20(21)22(27-29)23(30)26-13-18-5-3-8-24-11-18/h3-6,8-9,11-12,17H,7,10,13-16H2,1-2H3,(H,26,30). The Morgan fingerprint density at radius 2 is 1.87 bits per heavy atom. The van der Waals surface area contributed by atoms with E-state index < -0.39 is 0 Å². The van der Waals surface area contributed by atoms with Crippen LogP contribution in [0.1, 0.15) is 46.7 Å². The highest BCUT2D eigenvalue weighted by Crippen LogP contribution is 2.25. The van der Waals surface area contributed by atoms with Crippen LogP contribution in [0.3, 0.4) is 0 Å². The first-order valence-corrected chi connectivity index (χ1v) is 10.5. The summed E-state index contributed by atoms with van der Waals surface area (Å²) < 4.78 is 2.04. The van der Waals surface area contributed by atoms with E-state index in [9.17, 15) is 4.79 Å². The number of carbonyl (C=O) groups excluding carboxylic acids is 1. The minimum Gasteiger partial charge on any atom is -0.346 e. The van der Waals surface area contributed by atoms with Crippen LogP contribution >= 0.6 is 0 Å². The third-order valence-electron chi connectivity index (χ3n) is 5.27. The number of nitrogens with one attached hydrogen (secondary N) is 1. The quantitative estimate of drug-likeness (QED) is 0.655. The molecule has 0 aliphatic carbocycles. The maximum atomic E-state index is 13.0. The number of nitrogens with zero attached hydrogens (tertiary/aromatic N) is 5. The third-order valence-corrected chi connectivity index (χ3v) is 5.27. The van der Waals surface area contributed by atoms with Gasteiger partial charge >= 0.3 is 0 Å². The van der Waals surface area contributed by atoms with Gasteiger partial charge in [0.2, 0.25) is 0 Å². The van der Waals surface area contributed by atoms with Gasteiger partial charge in [0.25, 0.3) is 5.91 Å². The van der Waals surface area contributed by atoms with Gasteiger partial charge in [-0.1, -0.05) is 26.0 Å². The molecule has 0 spiro atoms. The van der Waals surface area contributed by atoms with Crippen molar-refractivity contribution >= 4 is 5.91 Å². The maximum absolute atomic E-state index is 13.0. The van der Waals surface area contributed by atoms with E-state index in [0.29, 0.717) is 18.2 Å². The summed E-state index contributed by atoms with van der Waals surface area (Å²) in [5.41, 5.74) is 4.94. The molecular formula is C23H28N6O. The molecule has 0 saturated carbocycles. The van der Waals surface area contributed by atoms with E-state index in [-0.39, 0.29) is 5.91 Å². The van der Waals surface area contributed by atoms with Crippen molar-refractivity contribution in [2.75, 3.05) is 6.54 Å². The summed E-state index contributed by atoms with van der Waals surface area (Å²) in [6, 6.07) is 7.88. The van der Waals surface area contributed by atoms with Gasteiger partial charge in [-0.15, -0.1) is 0 Å². The summed E-state index contributed by atoms with van der Waals surface area (Å²) in [6.07, 6.45) is 8.08. The molecule has 0 fully saturated rings. The maximum Gasteiger partial charge on any atom is 0.272 e. The highest BCUT2D eigenvalue weighted by atomic mass is 16.1. The Labute approximate surface area is 177 Å². The summed E-state index contributed by atoms with van der Waals surface area (Å²) >= 11 is 0. The zero-order valence-corrected chi connectivity index (χ0v) is 17.6. The number of hydrogen-bond acceptors (Lipinski definition) is 5. The first kappa shape index (κ1) is 20.2. The second kappa shape index (κ2) is 9.17.